The lowest BCUT2D eigenvalue weighted by molar-refractivity contribution is 0.0498. The zero-order valence-electron chi connectivity index (χ0n) is 16.7. The first kappa shape index (κ1) is 19.8. The predicted molar refractivity (Wildman–Crippen MR) is 108 cm³/mol. The molecule has 27 heavy (non-hydrogen) atoms. The summed E-state index contributed by atoms with van der Waals surface area (Å²) in [5.74, 6) is 0.949. The molecule has 0 spiro atoms. The Balaban J connectivity index is 1.68. The molecule has 0 amide bonds. The molecule has 5 heteroatoms. The Hall–Kier alpha value is -1.95. The monoisotopic (exact) mass is 369 g/mol. The van der Waals surface area contributed by atoms with E-state index in [4.69, 9.17) is 4.74 Å². The molecule has 1 atom stereocenters. The minimum Gasteiger partial charge on any atom is -0.496 e. The Bertz CT molecular complexity index is 736. The summed E-state index contributed by atoms with van der Waals surface area (Å²) in [6.07, 6.45) is 4.56. The molecular formula is C22H31N3O2. The Morgan fingerprint density at radius 1 is 1.15 bits per heavy atom. The van der Waals surface area contributed by atoms with Gasteiger partial charge in [0.25, 0.3) is 0 Å². The van der Waals surface area contributed by atoms with Crippen molar-refractivity contribution in [1.82, 2.24) is 14.8 Å². The molecule has 0 aliphatic carbocycles. The number of rotatable bonds is 7. The lowest BCUT2D eigenvalue weighted by Crippen LogP contribution is -2.52. The van der Waals surface area contributed by atoms with Crippen LogP contribution in [0, 0.1) is 13.8 Å². The second-order valence-electron chi connectivity index (χ2n) is 7.41. The van der Waals surface area contributed by atoms with Crippen LogP contribution < -0.4 is 4.74 Å². The molecule has 0 unspecified atom stereocenters. The van der Waals surface area contributed by atoms with Crippen LogP contribution >= 0.6 is 0 Å². The van der Waals surface area contributed by atoms with Gasteiger partial charge in [-0.15, -0.1) is 0 Å². The van der Waals surface area contributed by atoms with Crippen molar-refractivity contribution >= 4 is 0 Å². The molecular weight excluding hydrogens is 338 g/mol. The van der Waals surface area contributed by atoms with E-state index in [-0.39, 0.29) is 6.61 Å². The third-order valence-corrected chi connectivity index (χ3v) is 5.72. The molecule has 1 aliphatic rings. The number of piperazine rings is 1. The smallest absolute Gasteiger partial charge is 0.122 e. The molecule has 3 rings (SSSR count). The Labute approximate surface area is 162 Å². The second-order valence-corrected chi connectivity index (χ2v) is 7.41. The van der Waals surface area contributed by atoms with Crippen molar-refractivity contribution in [2.45, 2.75) is 39.4 Å². The fourth-order valence-electron chi connectivity index (χ4n) is 3.94. The van der Waals surface area contributed by atoms with Gasteiger partial charge in [0.2, 0.25) is 0 Å². The van der Waals surface area contributed by atoms with E-state index in [9.17, 15) is 5.11 Å². The highest BCUT2D eigenvalue weighted by molar-refractivity contribution is 5.43. The number of hydrogen-bond acceptors (Lipinski definition) is 5. The van der Waals surface area contributed by atoms with Crippen LogP contribution in [0.25, 0.3) is 0 Å². The maximum absolute atomic E-state index is 9.57. The van der Waals surface area contributed by atoms with Crippen LogP contribution in [-0.2, 0) is 13.1 Å². The normalized spacial score (nSPS) is 18.6. The van der Waals surface area contributed by atoms with Crippen LogP contribution in [-0.4, -0.2) is 59.3 Å². The SMILES string of the molecule is COc1ccc(CN2CCN(Cc3cccnc3)C[C@H]2CCO)c(C)c1C. The van der Waals surface area contributed by atoms with Crippen molar-refractivity contribution in [2.75, 3.05) is 33.4 Å². The second kappa shape index (κ2) is 9.31. The van der Waals surface area contributed by atoms with Crippen molar-refractivity contribution in [3.05, 3.63) is 58.9 Å². The number of pyridine rings is 1. The van der Waals surface area contributed by atoms with Gasteiger partial charge >= 0.3 is 0 Å². The molecule has 0 bridgehead atoms. The largest absolute Gasteiger partial charge is 0.496 e. The zero-order valence-corrected chi connectivity index (χ0v) is 16.7. The van der Waals surface area contributed by atoms with Gasteiger partial charge in [0.1, 0.15) is 5.75 Å². The topological polar surface area (TPSA) is 48.8 Å². The van der Waals surface area contributed by atoms with Gasteiger partial charge in [-0.2, -0.15) is 0 Å². The van der Waals surface area contributed by atoms with Gasteiger partial charge in [-0.3, -0.25) is 14.8 Å². The highest BCUT2D eigenvalue weighted by atomic mass is 16.5. The van der Waals surface area contributed by atoms with Crippen LogP contribution in [0.15, 0.2) is 36.7 Å². The van der Waals surface area contributed by atoms with Gasteiger partial charge in [0.15, 0.2) is 0 Å². The van der Waals surface area contributed by atoms with Gasteiger partial charge in [0, 0.05) is 57.8 Å². The molecule has 0 radical (unpaired) electrons. The standard InChI is InChI=1S/C22H31N3O2/c1-17-18(2)22(27-3)7-6-20(17)15-25-11-10-24(16-21(25)8-12-26)14-19-5-4-9-23-13-19/h4-7,9,13,21,26H,8,10-12,14-16H2,1-3H3/t21-/m1/s1. The summed E-state index contributed by atoms with van der Waals surface area (Å²) >= 11 is 0. The number of aliphatic hydroxyl groups excluding tert-OH is 1. The van der Waals surface area contributed by atoms with Crippen LogP contribution in [0.3, 0.4) is 0 Å². The van der Waals surface area contributed by atoms with Crippen LogP contribution in [0.4, 0.5) is 0 Å². The highest BCUT2D eigenvalue weighted by Crippen LogP contribution is 2.26. The first-order valence-electron chi connectivity index (χ1n) is 9.71. The number of ether oxygens (including phenoxy) is 1. The van der Waals surface area contributed by atoms with Gasteiger partial charge in [-0.1, -0.05) is 12.1 Å². The summed E-state index contributed by atoms with van der Waals surface area (Å²) in [7, 11) is 1.72. The minimum absolute atomic E-state index is 0.225. The molecule has 2 heterocycles. The average Bonchev–Trinajstić information content (AvgIpc) is 2.68. The number of aromatic nitrogens is 1. The van der Waals surface area contributed by atoms with E-state index < -0.39 is 0 Å². The molecule has 2 aromatic rings. The number of nitrogens with zero attached hydrogens (tertiary/aromatic N) is 3. The van der Waals surface area contributed by atoms with Crippen molar-refractivity contribution in [2.24, 2.45) is 0 Å². The van der Waals surface area contributed by atoms with E-state index in [1.807, 2.05) is 18.5 Å². The summed E-state index contributed by atoms with van der Waals surface area (Å²) in [4.78, 5) is 9.21. The summed E-state index contributed by atoms with van der Waals surface area (Å²) in [5.41, 5.74) is 5.10. The zero-order chi connectivity index (χ0) is 19.2. The molecule has 1 aromatic carbocycles. The lowest BCUT2D eigenvalue weighted by atomic mass is 10.00. The third kappa shape index (κ3) is 4.86. The maximum atomic E-state index is 9.57. The van der Waals surface area contributed by atoms with Crippen molar-refractivity contribution in [3.63, 3.8) is 0 Å². The van der Waals surface area contributed by atoms with E-state index in [2.05, 4.69) is 46.8 Å². The summed E-state index contributed by atoms with van der Waals surface area (Å²) in [6, 6.07) is 8.73. The van der Waals surface area contributed by atoms with Crippen molar-refractivity contribution in [1.29, 1.82) is 0 Å². The molecule has 1 aliphatic heterocycles. The van der Waals surface area contributed by atoms with Gasteiger partial charge in [-0.05, 0) is 54.7 Å². The number of hydrogen-bond donors (Lipinski definition) is 1. The minimum atomic E-state index is 0.225. The first-order chi connectivity index (χ1) is 13.1. The molecule has 0 saturated carbocycles. The number of aliphatic hydroxyl groups is 1. The Kier molecular flexibility index (Phi) is 6.83. The number of methoxy groups -OCH3 is 1. The molecule has 1 N–H and O–H groups in total. The quantitative estimate of drug-likeness (QED) is 0.813. The van der Waals surface area contributed by atoms with Crippen LogP contribution in [0.2, 0.25) is 0 Å². The Morgan fingerprint density at radius 2 is 2.00 bits per heavy atom. The van der Waals surface area contributed by atoms with Crippen molar-refractivity contribution < 1.29 is 9.84 Å². The molecule has 1 aromatic heterocycles. The Morgan fingerprint density at radius 3 is 2.70 bits per heavy atom. The molecule has 1 saturated heterocycles. The third-order valence-electron chi connectivity index (χ3n) is 5.72. The maximum Gasteiger partial charge on any atom is 0.122 e. The highest BCUT2D eigenvalue weighted by Gasteiger charge is 2.27. The van der Waals surface area contributed by atoms with E-state index in [0.717, 1.165) is 44.9 Å². The molecule has 146 valence electrons. The number of benzene rings is 1. The summed E-state index contributed by atoms with van der Waals surface area (Å²) in [6.45, 7) is 9.38. The van der Waals surface area contributed by atoms with E-state index in [1.165, 1.54) is 22.3 Å². The van der Waals surface area contributed by atoms with Gasteiger partial charge in [-0.25, -0.2) is 0 Å². The summed E-state index contributed by atoms with van der Waals surface area (Å²) in [5, 5.41) is 9.57. The van der Waals surface area contributed by atoms with Crippen LogP contribution in [0.1, 0.15) is 28.7 Å². The van der Waals surface area contributed by atoms with E-state index >= 15 is 0 Å². The lowest BCUT2D eigenvalue weighted by Gasteiger charge is -2.41. The predicted octanol–water partition coefficient (Wildman–Crippen LogP) is 2.78. The fourth-order valence-corrected chi connectivity index (χ4v) is 3.94. The van der Waals surface area contributed by atoms with E-state index in [0.29, 0.717) is 6.04 Å². The summed E-state index contributed by atoms with van der Waals surface area (Å²) < 4.78 is 5.44. The van der Waals surface area contributed by atoms with E-state index in [1.54, 1.807) is 7.11 Å². The average molecular weight is 370 g/mol. The first-order valence-corrected chi connectivity index (χ1v) is 9.71. The van der Waals surface area contributed by atoms with Crippen molar-refractivity contribution in [3.8, 4) is 5.75 Å². The molecule has 5 nitrogen and oxygen atoms in total. The van der Waals surface area contributed by atoms with Gasteiger partial charge < -0.3 is 9.84 Å². The fraction of sp³-hybridized carbons (Fsp3) is 0.500. The van der Waals surface area contributed by atoms with Gasteiger partial charge in [0.05, 0.1) is 7.11 Å². The van der Waals surface area contributed by atoms with Crippen LogP contribution in [0.5, 0.6) is 5.75 Å². The molecule has 1 fully saturated rings.